The third-order valence-electron chi connectivity index (χ3n) is 3.02. The lowest BCUT2D eigenvalue weighted by molar-refractivity contribution is 0.576. The molecule has 1 aromatic carbocycles. The Morgan fingerprint density at radius 2 is 1.71 bits per heavy atom. The Morgan fingerprint density at radius 3 is 2.33 bits per heavy atom. The van der Waals surface area contributed by atoms with Gasteiger partial charge in [-0.2, -0.15) is 0 Å². The number of thiophene rings is 1. The minimum atomic E-state index is -3.41. The average molecular weight is 324 g/mol. The van der Waals surface area contributed by atoms with E-state index in [9.17, 15) is 8.42 Å². The minimum Gasteiger partial charge on any atom is -0.311 e. The van der Waals surface area contributed by atoms with Crippen LogP contribution in [0.25, 0.3) is 0 Å². The van der Waals surface area contributed by atoms with Crippen LogP contribution in [-0.2, 0) is 16.6 Å². The Bertz CT molecular complexity index is 676. The fraction of sp³-hybridized carbons (Fsp3) is 0.333. The zero-order valence-electron chi connectivity index (χ0n) is 12.2. The lowest BCUT2D eigenvalue weighted by Crippen LogP contribution is -2.31. The maximum atomic E-state index is 12.0. The zero-order valence-corrected chi connectivity index (χ0v) is 13.9. The molecule has 0 unspecified atom stereocenters. The number of benzene rings is 1. The molecular weight excluding hydrogens is 304 g/mol. The molecule has 2 aromatic rings. The van der Waals surface area contributed by atoms with Gasteiger partial charge in [0.05, 0.1) is 4.90 Å². The molecule has 1 heterocycles. The molecule has 0 fully saturated rings. The first-order valence-corrected chi connectivity index (χ1v) is 9.10. The van der Waals surface area contributed by atoms with E-state index in [1.165, 1.54) is 9.75 Å². The molecule has 114 valence electrons. The van der Waals surface area contributed by atoms with Gasteiger partial charge in [0.2, 0.25) is 10.0 Å². The molecule has 0 atom stereocenters. The molecule has 0 spiro atoms. The Labute approximate surface area is 130 Å². The van der Waals surface area contributed by atoms with Crippen LogP contribution in [0.5, 0.6) is 0 Å². The molecule has 6 heteroatoms. The number of hydrogen-bond donors (Lipinski definition) is 2. The van der Waals surface area contributed by atoms with Crippen molar-refractivity contribution in [3.05, 3.63) is 51.7 Å². The first kappa shape index (κ1) is 16.2. The Kier molecular flexibility index (Phi) is 5.52. The highest BCUT2D eigenvalue weighted by molar-refractivity contribution is 7.89. The van der Waals surface area contributed by atoms with Crippen LogP contribution in [0.3, 0.4) is 0 Å². The second-order valence-electron chi connectivity index (χ2n) is 4.90. The van der Waals surface area contributed by atoms with E-state index < -0.39 is 10.0 Å². The summed E-state index contributed by atoms with van der Waals surface area (Å²) in [6, 6.07) is 11.0. The van der Waals surface area contributed by atoms with Gasteiger partial charge in [0.15, 0.2) is 0 Å². The van der Waals surface area contributed by atoms with Crippen molar-refractivity contribution in [3.63, 3.8) is 0 Å². The Hall–Kier alpha value is -1.21. The van der Waals surface area contributed by atoms with Gasteiger partial charge in [0.1, 0.15) is 0 Å². The third kappa shape index (κ3) is 4.93. The van der Waals surface area contributed by atoms with Gasteiger partial charge in [-0.15, -0.1) is 11.3 Å². The minimum absolute atomic E-state index is 0.307. The lowest BCUT2D eigenvalue weighted by atomic mass is 10.2. The molecule has 0 amide bonds. The fourth-order valence-electron chi connectivity index (χ4n) is 1.87. The monoisotopic (exact) mass is 324 g/mol. The van der Waals surface area contributed by atoms with Crippen LogP contribution < -0.4 is 10.0 Å². The number of aryl methyl sites for hydroxylation is 2. The van der Waals surface area contributed by atoms with Gasteiger partial charge >= 0.3 is 0 Å². The summed E-state index contributed by atoms with van der Waals surface area (Å²) in [5, 5.41) is 3.23. The lowest BCUT2D eigenvalue weighted by Gasteiger charge is -2.07. The van der Waals surface area contributed by atoms with Gasteiger partial charge in [0.25, 0.3) is 0 Å². The van der Waals surface area contributed by atoms with Crippen LogP contribution in [0.15, 0.2) is 41.3 Å². The summed E-state index contributed by atoms with van der Waals surface area (Å²) >= 11 is 1.75. The molecule has 4 nitrogen and oxygen atoms in total. The van der Waals surface area contributed by atoms with E-state index in [1.807, 2.05) is 6.92 Å². The quantitative estimate of drug-likeness (QED) is 0.769. The van der Waals surface area contributed by atoms with Crippen LogP contribution >= 0.6 is 11.3 Å². The van der Waals surface area contributed by atoms with Gasteiger partial charge in [-0.25, -0.2) is 13.1 Å². The van der Waals surface area contributed by atoms with Gasteiger partial charge in [-0.05, 0) is 38.1 Å². The third-order valence-corrected chi connectivity index (χ3v) is 5.50. The average Bonchev–Trinajstić information content (AvgIpc) is 2.84. The summed E-state index contributed by atoms with van der Waals surface area (Å²) in [4.78, 5) is 2.85. The van der Waals surface area contributed by atoms with Crippen molar-refractivity contribution >= 4 is 21.4 Å². The predicted molar refractivity (Wildman–Crippen MR) is 87.1 cm³/mol. The van der Waals surface area contributed by atoms with Crippen LogP contribution in [-0.4, -0.2) is 21.5 Å². The van der Waals surface area contributed by atoms with E-state index in [4.69, 9.17) is 0 Å². The molecule has 0 radical (unpaired) electrons. The molecule has 0 saturated heterocycles. The SMILES string of the molecule is Cc1ccc(S(=O)(=O)NCCNCc2ccc(C)s2)cc1. The van der Waals surface area contributed by atoms with E-state index in [0.29, 0.717) is 18.0 Å². The summed E-state index contributed by atoms with van der Waals surface area (Å²) in [5.41, 5.74) is 1.04. The molecule has 2 N–H and O–H groups in total. The second kappa shape index (κ2) is 7.17. The van der Waals surface area contributed by atoms with Crippen molar-refractivity contribution < 1.29 is 8.42 Å². The summed E-state index contributed by atoms with van der Waals surface area (Å²) in [5.74, 6) is 0. The van der Waals surface area contributed by atoms with Crippen molar-refractivity contribution in [2.45, 2.75) is 25.3 Å². The smallest absolute Gasteiger partial charge is 0.240 e. The summed E-state index contributed by atoms with van der Waals surface area (Å²) in [6.45, 7) is 5.75. The summed E-state index contributed by atoms with van der Waals surface area (Å²) in [6.07, 6.45) is 0. The molecule has 0 aliphatic carbocycles. The van der Waals surface area contributed by atoms with Crippen LogP contribution in [0.1, 0.15) is 15.3 Å². The van der Waals surface area contributed by atoms with E-state index in [-0.39, 0.29) is 0 Å². The molecule has 1 aromatic heterocycles. The van der Waals surface area contributed by atoms with Crippen molar-refractivity contribution in [1.82, 2.24) is 10.0 Å². The number of rotatable bonds is 7. The van der Waals surface area contributed by atoms with Crippen molar-refractivity contribution in [3.8, 4) is 0 Å². The van der Waals surface area contributed by atoms with E-state index >= 15 is 0 Å². The maximum absolute atomic E-state index is 12.0. The van der Waals surface area contributed by atoms with Gasteiger partial charge in [-0.1, -0.05) is 17.7 Å². The van der Waals surface area contributed by atoms with Crippen LogP contribution in [0.4, 0.5) is 0 Å². The highest BCUT2D eigenvalue weighted by Gasteiger charge is 2.12. The van der Waals surface area contributed by atoms with Gasteiger partial charge < -0.3 is 5.32 Å². The number of sulfonamides is 1. The normalized spacial score (nSPS) is 11.7. The Morgan fingerprint density at radius 1 is 1.00 bits per heavy atom. The van der Waals surface area contributed by atoms with Crippen LogP contribution in [0, 0.1) is 13.8 Å². The van der Waals surface area contributed by atoms with Crippen LogP contribution in [0.2, 0.25) is 0 Å². The number of hydrogen-bond acceptors (Lipinski definition) is 4. The molecule has 0 saturated carbocycles. The maximum Gasteiger partial charge on any atom is 0.240 e. The molecule has 0 aliphatic rings. The van der Waals surface area contributed by atoms with Crippen molar-refractivity contribution in [2.24, 2.45) is 0 Å². The van der Waals surface area contributed by atoms with Gasteiger partial charge in [0, 0.05) is 29.4 Å². The van der Waals surface area contributed by atoms with E-state index in [0.717, 1.165) is 12.1 Å². The number of nitrogens with one attached hydrogen (secondary N) is 2. The zero-order chi connectivity index (χ0) is 15.3. The topological polar surface area (TPSA) is 58.2 Å². The standard InChI is InChI=1S/C15H20N2O2S2/c1-12-3-7-15(8-4-12)21(18,19)17-10-9-16-11-14-6-5-13(2)20-14/h3-8,16-17H,9-11H2,1-2H3. The molecule has 0 bridgehead atoms. The molecular formula is C15H20N2O2S2. The van der Waals surface area contributed by atoms with Crippen molar-refractivity contribution in [1.29, 1.82) is 0 Å². The molecule has 0 aliphatic heterocycles. The van der Waals surface area contributed by atoms with Gasteiger partial charge in [-0.3, -0.25) is 0 Å². The second-order valence-corrected chi connectivity index (χ2v) is 8.04. The molecule has 2 rings (SSSR count). The summed E-state index contributed by atoms with van der Waals surface area (Å²) < 4.78 is 26.7. The van der Waals surface area contributed by atoms with E-state index in [1.54, 1.807) is 35.6 Å². The largest absolute Gasteiger partial charge is 0.311 e. The molecule has 21 heavy (non-hydrogen) atoms. The predicted octanol–water partition coefficient (Wildman–Crippen LogP) is 2.43. The highest BCUT2D eigenvalue weighted by Crippen LogP contribution is 2.14. The first-order valence-electron chi connectivity index (χ1n) is 6.80. The van der Waals surface area contributed by atoms with E-state index in [2.05, 4.69) is 29.1 Å². The van der Waals surface area contributed by atoms with Crippen molar-refractivity contribution in [2.75, 3.05) is 13.1 Å². The Balaban J connectivity index is 1.76. The highest BCUT2D eigenvalue weighted by atomic mass is 32.2. The first-order chi connectivity index (χ1) is 9.97. The summed E-state index contributed by atoms with van der Waals surface area (Å²) in [7, 11) is -3.41. The fourth-order valence-corrected chi connectivity index (χ4v) is 3.76.